The lowest BCUT2D eigenvalue weighted by Crippen LogP contribution is -2.31. The van der Waals surface area contributed by atoms with Crippen molar-refractivity contribution in [2.45, 2.75) is 76.9 Å². The SMILES string of the molecule is CCc1ccc(OCC(C)(O)C#C[C@H]2[C@@H](O)CC(=O)[C@@H]2CCCCCCC(=O)OC)cc1. The first kappa shape index (κ1) is 25.9. The average Bonchev–Trinajstić information content (AvgIpc) is 3.05. The highest BCUT2D eigenvalue weighted by Crippen LogP contribution is 2.33. The molecule has 0 saturated heterocycles. The molecule has 6 heteroatoms. The van der Waals surface area contributed by atoms with Gasteiger partial charge in [0.2, 0.25) is 0 Å². The molecule has 6 nitrogen and oxygen atoms in total. The number of carbonyl (C=O) groups is 2. The molecule has 0 aromatic heterocycles. The van der Waals surface area contributed by atoms with Crippen LogP contribution < -0.4 is 4.74 Å². The topological polar surface area (TPSA) is 93.1 Å². The summed E-state index contributed by atoms with van der Waals surface area (Å²) in [6.45, 7) is 3.64. The fraction of sp³-hybridized carbons (Fsp3) is 0.615. The van der Waals surface area contributed by atoms with Crippen LogP contribution in [0.4, 0.5) is 0 Å². The molecule has 1 aromatic rings. The van der Waals surface area contributed by atoms with Crippen molar-refractivity contribution in [2.24, 2.45) is 11.8 Å². The third-order valence-electron chi connectivity index (χ3n) is 5.91. The minimum absolute atomic E-state index is 0.00685. The molecular weight excluding hydrogens is 408 g/mol. The number of ketones is 1. The third-order valence-corrected chi connectivity index (χ3v) is 5.91. The van der Waals surface area contributed by atoms with Gasteiger partial charge in [0.15, 0.2) is 5.60 Å². The lowest BCUT2D eigenvalue weighted by atomic mass is 9.89. The van der Waals surface area contributed by atoms with Gasteiger partial charge in [0.1, 0.15) is 18.1 Å². The molecule has 4 atom stereocenters. The van der Waals surface area contributed by atoms with E-state index < -0.39 is 17.6 Å². The van der Waals surface area contributed by atoms with Gasteiger partial charge in [-0.05, 0) is 43.9 Å². The van der Waals surface area contributed by atoms with Gasteiger partial charge in [-0.25, -0.2) is 0 Å². The van der Waals surface area contributed by atoms with E-state index in [1.807, 2.05) is 24.3 Å². The van der Waals surface area contributed by atoms with Crippen LogP contribution in [0.5, 0.6) is 5.75 Å². The lowest BCUT2D eigenvalue weighted by Gasteiger charge is -2.19. The zero-order chi connectivity index (χ0) is 23.6. The number of benzene rings is 1. The van der Waals surface area contributed by atoms with Crippen LogP contribution in [-0.4, -0.2) is 47.4 Å². The lowest BCUT2D eigenvalue weighted by molar-refractivity contribution is -0.140. The van der Waals surface area contributed by atoms with E-state index in [0.717, 1.165) is 32.1 Å². The van der Waals surface area contributed by atoms with Crippen LogP contribution in [-0.2, 0) is 20.7 Å². The van der Waals surface area contributed by atoms with Crippen LogP contribution in [0.25, 0.3) is 0 Å². The highest BCUT2D eigenvalue weighted by molar-refractivity contribution is 5.85. The molecule has 1 unspecified atom stereocenters. The van der Waals surface area contributed by atoms with Gasteiger partial charge in [-0.1, -0.05) is 50.2 Å². The van der Waals surface area contributed by atoms with Crippen molar-refractivity contribution >= 4 is 11.8 Å². The Hall–Kier alpha value is -2.36. The number of esters is 1. The summed E-state index contributed by atoms with van der Waals surface area (Å²) in [5, 5.41) is 20.9. The molecule has 0 bridgehead atoms. The zero-order valence-corrected chi connectivity index (χ0v) is 19.4. The number of unbranched alkanes of at least 4 members (excludes halogenated alkanes) is 3. The first-order valence-electron chi connectivity index (χ1n) is 11.5. The molecule has 0 radical (unpaired) electrons. The summed E-state index contributed by atoms with van der Waals surface area (Å²) in [5.74, 6) is 5.47. The van der Waals surface area contributed by atoms with Crippen molar-refractivity contribution in [2.75, 3.05) is 13.7 Å². The maximum atomic E-state index is 12.4. The Bertz CT molecular complexity index is 802. The van der Waals surface area contributed by atoms with Crippen molar-refractivity contribution in [3.63, 3.8) is 0 Å². The Kier molecular flexibility index (Phi) is 10.2. The number of hydrogen-bond donors (Lipinski definition) is 2. The van der Waals surface area contributed by atoms with E-state index in [1.165, 1.54) is 12.7 Å². The van der Waals surface area contributed by atoms with E-state index in [9.17, 15) is 19.8 Å². The van der Waals surface area contributed by atoms with Crippen LogP contribution in [0.2, 0.25) is 0 Å². The summed E-state index contributed by atoms with van der Waals surface area (Å²) in [4.78, 5) is 23.5. The first-order chi connectivity index (χ1) is 15.3. The van der Waals surface area contributed by atoms with Crippen molar-refractivity contribution in [3.8, 4) is 17.6 Å². The zero-order valence-electron chi connectivity index (χ0n) is 19.4. The highest BCUT2D eigenvalue weighted by Gasteiger charge is 2.40. The van der Waals surface area contributed by atoms with Gasteiger partial charge in [0.05, 0.1) is 19.1 Å². The molecule has 0 amide bonds. The largest absolute Gasteiger partial charge is 0.490 e. The average molecular weight is 445 g/mol. The van der Waals surface area contributed by atoms with E-state index in [4.69, 9.17) is 4.74 Å². The number of ether oxygens (including phenoxy) is 2. The molecule has 2 rings (SSSR count). The van der Waals surface area contributed by atoms with Crippen molar-refractivity contribution in [3.05, 3.63) is 29.8 Å². The van der Waals surface area contributed by atoms with Crippen LogP contribution in [0.15, 0.2) is 24.3 Å². The van der Waals surface area contributed by atoms with E-state index in [2.05, 4.69) is 23.5 Å². The smallest absolute Gasteiger partial charge is 0.305 e. The molecule has 1 aliphatic carbocycles. The Morgan fingerprint density at radius 3 is 2.53 bits per heavy atom. The molecule has 1 fully saturated rings. The Morgan fingerprint density at radius 2 is 1.88 bits per heavy atom. The number of aliphatic hydroxyl groups excluding tert-OH is 1. The van der Waals surface area contributed by atoms with Crippen LogP contribution in [0, 0.1) is 23.7 Å². The molecule has 1 saturated carbocycles. The number of rotatable bonds is 11. The number of Topliss-reactive ketones (excluding diaryl/α,β-unsaturated/α-hetero) is 1. The predicted molar refractivity (Wildman–Crippen MR) is 122 cm³/mol. The number of carbonyl (C=O) groups excluding carboxylic acids is 2. The number of aliphatic hydroxyl groups is 2. The van der Waals surface area contributed by atoms with E-state index in [-0.39, 0.29) is 30.7 Å². The van der Waals surface area contributed by atoms with Gasteiger partial charge >= 0.3 is 5.97 Å². The van der Waals surface area contributed by atoms with E-state index >= 15 is 0 Å². The van der Waals surface area contributed by atoms with Crippen molar-refractivity contribution in [1.82, 2.24) is 0 Å². The second kappa shape index (κ2) is 12.6. The van der Waals surface area contributed by atoms with Crippen LogP contribution in [0.1, 0.15) is 64.4 Å². The highest BCUT2D eigenvalue weighted by atomic mass is 16.5. The third kappa shape index (κ3) is 8.29. The second-order valence-corrected chi connectivity index (χ2v) is 8.73. The minimum Gasteiger partial charge on any atom is -0.490 e. The van der Waals surface area contributed by atoms with Gasteiger partial charge in [-0.2, -0.15) is 0 Å². The second-order valence-electron chi connectivity index (χ2n) is 8.73. The molecular formula is C26H36O6. The number of aryl methyl sites for hydroxylation is 1. The van der Waals surface area contributed by atoms with Crippen LogP contribution >= 0.6 is 0 Å². The summed E-state index contributed by atoms with van der Waals surface area (Å²) in [5.41, 5.74) is -0.189. The summed E-state index contributed by atoms with van der Waals surface area (Å²) in [6, 6.07) is 7.69. The molecule has 32 heavy (non-hydrogen) atoms. The van der Waals surface area contributed by atoms with Crippen molar-refractivity contribution in [1.29, 1.82) is 0 Å². The summed E-state index contributed by atoms with van der Waals surface area (Å²) in [7, 11) is 1.38. The van der Waals surface area contributed by atoms with E-state index in [0.29, 0.717) is 18.6 Å². The molecule has 1 aromatic carbocycles. The standard InChI is InChI=1S/C26H36O6/c1-4-19-11-13-20(14-12-19)32-18-26(2,30)16-15-22-21(23(27)17-24(22)28)9-7-5-6-8-10-25(29)31-3/h11-14,21-22,24,28,30H,4-10,17-18H2,1-3H3/t21-,22-,24+,26?/m1/s1. The monoisotopic (exact) mass is 444 g/mol. The fourth-order valence-corrected chi connectivity index (χ4v) is 3.90. The molecule has 1 aliphatic rings. The van der Waals surface area contributed by atoms with E-state index in [1.54, 1.807) is 6.92 Å². The summed E-state index contributed by atoms with van der Waals surface area (Å²) >= 11 is 0. The van der Waals surface area contributed by atoms with Gasteiger partial charge < -0.3 is 19.7 Å². The predicted octanol–water partition coefficient (Wildman–Crippen LogP) is 3.46. The minimum atomic E-state index is -1.40. The Balaban J connectivity index is 1.86. The maximum Gasteiger partial charge on any atom is 0.305 e. The van der Waals surface area contributed by atoms with Gasteiger partial charge in [-0.15, -0.1) is 0 Å². The number of methoxy groups -OCH3 is 1. The normalized spacial score (nSPS) is 22.0. The quantitative estimate of drug-likeness (QED) is 0.308. The molecule has 0 heterocycles. The molecule has 0 aliphatic heterocycles. The molecule has 176 valence electrons. The summed E-state index contributed by atoms with van der Waals surface area (Å²) in [6.07, 6.45) is 4.69. The Labute approximate surface area is 191 Å². The number of hydrogen-bond acceptors (Lipinski definition) is 6. The fourth-order valence-electron chi connectivity index (χ4n) is 3.90. The first-order valence-corrected chi connectivity index (χ1v) is 11.5. The van der Waals surface area contributed by atoms with Gasteiger partial charge in [-0.3, -0.25) is 9.59 Å². The van der Waals surface area contributed by atoms with Crippen LogP contribution in [0.3, 0.4) is 0 Å². The van der Waals surface area contributed by atoms with Crippen molar-refractivity contribution < 1.29 is 29.3 Å². The van der Waals surface area contributed by atoms with Gasteiger partial charge in [0, 0.05) is 18.8 Å². The molecule has 2 N–H and O–H groups in total. The maximum absolute atomic E-state index is 12.4. The molecule has 0 spiro atoms. The Morgan fingerprint density at radius 1 is 1.19 bits per heavy atom. The summed E-state index contributed by atoms with van der Waals surface area (Å²) < 4.78 is 10.3. The van der Waals surface area contributed by atoms with Gasteiger partial charge in [0.25, 0.3) is 0 Å².